The van der Waals surface area contributed by atoms with Gasteiger partial charge in [-0.3, -0.25) is 19.1 Å². The van der Waals surface area contributed by atoms with E-state index in [-0.39, 0.29) is 6.42 Å². The first-order valence-electron chi connectivity index (χ1n) is 11.3. The monoisotopic (exact) mass is 595 g/mol. The molecule has 0 bridgehead atoms. The topological polar surface area (TPSA) is 131 Å². The van der Waals surface area contributed by atoms with Gasteiger partial charge in [-0.25, -0.2) is 9.59 Å². The highest BCUT2D eigenvalue weighted by molar-refractivity contribution is 7.87. The Morgan fingerprint density at radius 3 is 2.35 bits per heavy atom. The van der Waals surface area contributed by atoms with Crippen LogP contribution in [0, 0.1) is 0 Å². The molecule has 2 saturated heterocycles. The van der Waals surface area contributed by atoms with Gasteiger partial charge in [-0.1, -0.05) is 53.0 Å². The Morgan fingerprint density at radius 1 is 1.14 bits per heavy atom. The zero-order valence-corrected chi connectivity index (χ0v) is 23.9. The zero-order chi connectivity index (χ0) is 27.9. The molecule has 0 radical (unpaired) electrons. The van der Waals surface area contributed by atoms with E-state index in [9.17, 15) is 23.4 Å². The van der Waals surface area contributed by atoms with Gasteiger partial charge in [0.05, 0.1) is 22.0 Å². The van der Waals surface area contributed by atoms with Gasteiger partial charge in [0.2, 0.25) is 15.6 Å². The molecular weight excluding hydrogens is 569 g/mol. The number of nitrogens with one attached hydrogen (secondary N) is 2. The van der Waals surface area contributed by atoms with Gasteiger partial charge in [-0.05, 0) is 46.2 Å². The third-order valence-electron chi connectivity index (χ3n) is 5.68. The van der Waals surface area contributed by atoms with Crippen LogP contribution < -0.4 is 10.6 Å². The van der Waals surface area contributed by atoms with Crippen LogP contribution in [0.3, 0.4) is 0 Å². The summed E-state index contributed by atoms with van der Waals surface area (Å²) in [6, 6.07) is 4.38. The number of amides is 3. The SMILES string of the molecule is CC(C)(C)OC(=O)Nc1ccccc1CC(=O)NC1C(=O)N2C(C(=O)OCC(Cl)(Cl)Cl)C(C)(C)S(=O)[C@H]12. The van der Waals surface area contributed by atoms with Crippen LogP contribution in [-0.4, -0.2) is 71.2 Å². The molecule has 3 rings (SSSR count). The maximum atomic E-state index is 13.2. The van der Waals surface area contributed by atoms with Crippen LogP contribution in [0.1, 0.15) is 40.2 Å². The van der Waals surface area contributed by atoms with Crippen LogP contribution >= 0.6 is 34.8 Å². The van der Waals surface area contributed by atoms with Crippen molar-refractivity contribution in [2.75, 3.05) is 11.9 Å². The standard InChI is InChI=1S/C23H28Cl3N3O7S/c1-21(2,3)36-20(33)27-13-9-7-6-8-12(13)10-14(30)28-15-17(31)29-16(19(32)35-11-23(24,25)26)22(4,5)37(34)18(15)29/h6-9,15-16,18H,10-11H2,1-5H3,(H,27,33)(H,28,30)/t15?,16?,18-,37?/m1/s1. The highest BCUT2D eigenvalue weighted by Gasteiger charge is 2.68. The maximum Gasteiger partial charge on any atom is 0.412 e. The molecule has 14 heteroatoms. The first-order valence-corrected chi connectivity index (χ1v) is 13.6. The summed E-state index contributed by atoms with van der Waals surface area (Å²) in [7, 11) is -1.72. The third kappa shape index (κ3) is 6.68. The molecule has 1 aromatic rings. The highest BCUT2D eigenvalue weighted by atomic mass is 35.6. The molecular formula is C23H28Cl3N3O7S. The number of carbonyl (C=O) groups is 4. The van der Waals surface area contributed by atoms with Crippen LogP contribution in [0.2, 0.25) is 0 Å². The number of hydrogen-bond acceptors (Lipinski definition) is 7. The average molecular weight is 597 g/mol. The predicted molar refractivity (Wildman–Crippen MR) is 140 cm³/mol. The number of anilines is 1. The molecule has 2 heterocycles. The van der Waals surface area contributed by atoms with Gasteiger partial charge >= 0.3 is 12.1 Å². The Labute approximate surface area is 232 Å². The fourth-order valence-electron chi connectivity index (χ4n) is 4.11. The minimum Gasteiger partial charge on any atom is -0.460 e. The molecule has 0 aromatic heterocycles. The zero-order valence-electron chi connectivity index (χ0n) is 20.8. The molecule has 10 nitrogen and oxygen atoms in total. The molecule has 2 N–H and O–H groups in total. The lowest BCUT2D eigenvalue weighted by Gasteiger charge is -2.43. The maximum absolute atomic E-state index is 13.2. The number of hydrogen-bond donors (Lipinski definition) is 2. The van der Waals surface area contributed by atoms with E-state index in [4.69, 9.17) is 44.3 Å². The first-order chi connectivity index (χ1) is 16.9. The van der Waals surface area contributed by atoms with Crippen molar-refractivity contribution in [2.24, 2.45) is 0 Å². The molecule has 0 aliphatic carbocycles. The van der Waals surface area contributed by atoms with Crippen molar-refractivity contribution < 1.29 is 32.9 Å². The normalized spacial score (nSPS) is 24.5. The number of rotatable bonds is 6. The molecule has 204 valence electrons. The van der Waals surface area contributed by atoms with E-state index in [1.54, 1.807) is 58.9 Å². The Kier molecular flexibility index (Phi) is 8.44. The van der Waals surface area contributed by atoms with E-state index < -0.39 is 72.9 Å². The van der Waals surface area contributed by atoms with Crippen molar-refractivity contribution >= 4 is 75.2 Å². The van der Waals surface area contributed by atoms with Gasteiger partial charge in [-0.2, -0.15) is 0 Å². The number of carbonyl (C=O) groups excluding carboxylic acids is 4. The highest BCUT2D eigenvalue weighted by Crippen LogP contribution is 2.44. The van der Waals surface area contributed by atoms with Crippen molar-refractivity contribution in [3.05, 3.63) is 29.8 Å². The predicted octanol–water partition coefficient (Wildman–Crippen LogP) is 3.05. The van der Waals surface area contributed by atoms with Crippen molar-refractivity contribution in [2.45, 2.75) is 72.6 Å². The smallest absolute Gasteiger partial charge is 0.412 e. The molecule has 37 heavy (non-hydrogen) atoms. The molecule has 2 aliphatic rings. The lowest BCUT2D eigenvalue weighted by Crippen LogP contribution is -2.71. The van der Waals surface area contributed by atoms with Crippen molar-refractivity contribution in [1.29, 1.82) is 0 Å². The second kappa shape index (κ2) is 10.6. The number of esters is 1. The Morgan fingerprint density at radius 2 is 1.76 bits per heavy atom. The van der Waals surface area contributed by atoms with E-state index in [0.29, 0.717) is 11.3 Å². The van der Waals surface area contributed by atoms with Crippen LogP contribution in [0.25, 0.3) is 0 Å². The minimum absolute atomic E-state index is 0.173. The second-order valence-electron chi connectivity index (χ2n) is 10.2. The summed E-state index contributed by atoms with van der Waals surface area (Å²) < 4.78 is 20.5. The molecule has 0 spiro atoms. The number of nitrogens with zero attached hydrogens (tertiary/aromatic N) is 1. The van der Waals surface area contributed by atoms with E-state index in [1.165, 1.54) is 0 Å². The fraction of sp³-hybridized carbons (Fsp3) is 0.565. The lowest BCUT2D eigenvalue weighted by molar-refractivity contribution is -0.164. The number of alkyl halides is 3. The van der Waals surface area contributed by atoms with Gasteiger partial charge in [-0.15, -0.1) is 0 Å². The summed E-state index contributed by atoms with van der Waals surface area (Å²) in [5.41, 5.74) is 0.148. The number of ether oxygens (including phenoxy) is 2. The fourth-order valence-corrected chi connectivity index (χ4v) is 6.19. The molecule has 2 fully saturated rings. The summed E-state index contributed by atoms with van der Waals surface area (Å²) >= 11 is 16.9. The molecule has 3 unspecified atom stereocenters. The molecule has 4 atom stereocenters. The molecule has 2 aliphatic heterocycles. The molecule has 0 saturated carbocycles. The largest absolute Gasteiger partial charge is 0.460 e. The van der Waals surface area contributed by atoms with Crippen LogP contribution in [0.5, 0.6) is 0 Å². The van der Waals surface area contributed by atoms with Gasteiger partial charge in [0, 0.05) is 5.69 Å². The van der Waals surface area contributed by atoms with Crippen molar-refractivity contribution in [3.63, 3.8) is 0 Å². The summed E-state index contributed by atoms with van der Waals surface area (Å²) in [5, 5.41) is 4.30. The van der Waals surface area contributed by atoms with E-state index in [0.717, 1.165) is 4.90 Å². The molecule has 1 aromatic carbocycles. The van der Waals surface area contributed by atoms with Gasteiger partial charge in [0.15, 0.2) is 0 Å². The number of benzene rings is 1. The van der Waals surface area contributed by atoms with Crippen LogP contribution in [0.4, 0.5) is 10.5 Å². The van der Waals surface area contributed by atoms with Gasteiger partial charge in [0.1, 0.15) is 29.7 Å². The average Bonchev–Trinajstić information content (AvgIpc) is 2.93. The molecule has 3 amide bonds. The number of para-hydroxylation sites is 1. The quantitative estimate of drug-likeness (QED) is 0.293. The van der Waals surface area contributed by atoms with E-state index >= 15 is 0 Å². The van der Waals surface area contributed by atoms with Crippen molar-refractivity contribution in [1.82, 2.24) is 10.2 Å². The van der Waals surface area contributed by atoms with Gasteiger partial charge in [0.25, 0.3) is 0 Å². The summed E-state index contributed by atoms with van der Waals surface area (Å²) in [6.07, 6.45) is -0.853. The Balaban J connectivity index is 1.69. The van der Waals surface area contributed by atoms with E-state index in [1.807, 2.05) is 0 Å². The number of fused-ring (bicyclic) bond motifs is 1. The van der Waals surface area contributed by atoms with Crippen molar-refractivity contribution in [3.8, 4) is 0 Å². The lowest BCUT2D eigenvalue weighted by atomic mass is 9.95. The van der Waals surface area contributed by atoms with E-state index in [2.05, 4.69) is 10.6 Å². The number of β-lactam (4-membered cyclic amide) rings is 1. The second-order valence-corrected chi connectivity index (χ2v) is 14.8. The third-order valence-corrected chi connectivity index (χ3v) is 8.20. The summed E-state index contributed by atoms with van der Waals surface area (Å²) in [4.78, 5) is 51.8. The van der Waals surface area contributed by atoms with Crippen LogP contribution in [0.15, 0.2) is 24.3 Å². The minimum atomic E-state index is -1.85. The Hall–Kier alpha value is -2.08. The Bertz CT molecular complexity index is 1130. The summed E-state index contributed by atoms with van der Waals surface area (Å²) in [5.74, 6) is -1.96. The van der Waals surface area contributed by atoms with Crippen LogP contribution in [-0.2, 0) is 41.1 Å². The van der Waals surface area contributed by atoms with Gasteiger partial charge < -0.3 is 19.7 Å². The first kappa shape index (κ1) is 29.5. The number of halogens is 3. The summed E-state index contributed by atoms with van der Waals surface area (Å²) in [6.45, 7) is 7.76.